The van der Waals surface area contributed by atoms with Crippen LogP contribution in [-0.4, -0.2) is 5.97 Å². The van der Waals surface area contributed by atoms with Crippen LogP contribution in [0.15, 0.2) is 28.7 Å². The van der Waals surface area contributed by atoms with Crippen LogP contribution in [0, 0.1) is 0 Å². The molecule has 0 aromatic heterocycles. The maximum Gasteiger partial charge on any atom is 0.359 e. The molecule has 0 amide bonds. The molecule has 0 bridgehead atoms. The van der Waals surface area contributed by atoms with Crippen LogP contribution in [0.3, 0.4) is 0 Å². The monoisotopic (exact) mass is 213 g/mol. The molecule has 1 radical (unpaired) electrons. The molecule has 1 aromatic carbocycles. The Morgan fingerprint density at radius 3 is 2.55 bits per heavy atom. The van der Waals surface area contributed by atoms with Gasteiger partial charge in [0.15, 0.2) is 0 Å². The highest BCUT2D eigenvalue weighted by atomic mass is 79.9. The Morgan fingerprint density at radius 2 is 2.00 bits per heavy atom. The van der Waals surface area contributed by atoms with Gasteiger partial charge >= 0.3 is 5.97 Å². The summed E-state index contributed by atoms with van der Waals surface area (Å²) in [6.45, 7) is 0. The quantitative estimate of drug-likeness (QED) is 0.741. The average Bonchev–Trinajstić information content (AvgIpc) is 1.93. The Balaban J connectivity index is 2.86. The molecular formula is C8H6BrO2. The lowest BCUT2D eigenvalue weighted by Crippen LogP contribution is -1.98. The first-order valence-corrected chi connectivity index (χ1v) is 3.92. The minimum Gasteiger partial charge on any atom is -0.247 e. The lowest BCUT2D eigenvalue weighted by atomic mass is 10.2. The zero-order valence-corrected chi connectivity index (χ0v) is 7.30. The van der Waals surface area contributed by atoms with E-state index in [-0.39, 0.29) is 6.42 Å². The highest BCUT2D eigenvalue weighted by molar-refractivity contribution is 9.10. The van der Waals surface area contributed by atoms with Gasteiger partial charge in [-0.25, -0.2) is 9.90 Å². The molecule has 0 saturated heterocycles. The molecule has 0 aliphatic rings. The first kappa shape index (κ1) is 8.27. The second-order valence-corrected chi connectivity index (χ2v) is 2.99. The highest BCUT2D eigenvalue weighted by Gasteiger charge is 2.04. The van der Waals surface area contributed by atoms with E-state index in [9.17, 15) is 9.90 Å². The number of carbonyl (C=O) groups excluding carboxylic acids is 1. The van der Waals surface area contributed by atoms with E-state index in [1.807, 2.05) is 6.07 Å². The predicted octanol–water partition coefficient (Wildman–Crippen LogP) is 1.95. The van der Waals surface area contributed by atoms with Gasteiger partial charge in [-0.15, -0.1) is 0 Å². The van der Waals surface area contributed by atoms with Crippen LogP contribution in [0.4, 0.5) is 0 Å². The zero-order valence-electron chi connectivity index (χ0n) is 5.71. The van der Waals surface area contributed by atoms with Crippen LogP contribution in [0.1, 0.15) is 5.56 Å². The van der Waals surface area contributed by atoms with Gasteiger partial charge in [0.05, 0.1) is 6.42 Å². The lowest BCUT2D eigenvalue weighted by molar-refractivity contribution is -0.142. The van der Waals surface area contributed by atoms with Crippen molar-refractivity contribution in [3.8, 4) is 0 Å². The topological polar surface area (TPSA) is 37.0 Å². The summed E-state index contributed by atoms with van der Waals surface area (Å²) in [5.74, 6) is -1.06. The number of halogens is 1. The fourth-order valence-electron chi connectivity index (χ4n) is 0.797. The highest BCUT2D eigenvalue weighted by Crippen LogP contribution is 2.15. The maximum atomic E-state index is 10.2. The molecule has 0 atom stereocenters. The molecular weight excluding hydrogens is 208 g/mol. The summed E-state index contributed by atoms with van der Waals surface area (Å²) < 4.78 is 0.809. The third-order valence-electron chi connectivity index (χ3n) is 1.29. The van der Waals surface area contributed by atoms with E-state index in [1.165, 1.54) is 0 Å². The summed E-state index contributed by atoms with van der Waals surface area (Å²) in [6.07, 6.45) is -0.0403. The number of hydrogen-bond donors (Lipinski definition) is 0. The maximum absolute atomic E-state index is 10.2. The van der Waals surface area contributed by atoms with Gasteiger partial charge in [-0.05, 0) is 11.6 Å². The molecule has 2 nitrogen and oxygen atoms in total. The Labute approximate surface area is 73.0 Å². The van der Waals surface area contributed by atoms with Crippen LogP contribution < -0.4 is 0 Å². The fraction of sp³-hybridized carbons (Fsp3) is 0.125. The number of rotatable bonds is 2. The molecule has 1 rings (SSSR count). The first-order chi connectivity index (χ1) is 5.20. The summed E-state index contributed by atoms with van der Waals surface area (Å²) in [5, 5.41) is 10.2. The van der Waals surface area contributed by atoms with Crippen molar-refractivity contribution in [1.82, 2.24) is 0 Å². The Kier molecular flexibility index (Phi) is 2.65. The van der Waals surface area contributed by atoms with Crippen molar-refractivity contribution in [2.75, 3.05) is 0 Å². The van der Waals surface area contributed by atoms with Gasteiger partial charge in [0.1, 0.15) is 0 Å². The average molecular weight is 214 g/mol. The van der Waals surface area contributed by atoms with Crippen molar-refractivity contribution < 1.29 is 9.90 Å². The van der Waals surface area contributed by atoms with E-state index in [2.05, 4.69) is 15.9 Å². The van der Waals surface area contributed by atoms with Crippen molar-refractivity contribution in [1.29, 1.82) is 0 Å². The molecule has 11 heavy (non-hydrogen) atoms. The third-order valence-corrected chi connectivity index (χ3v) is 2.07. The van der Waals surface area contributed by atoms with Gasteiger partial charge in [0.2, 0.25) is 0 Å². The largest absolute Gasteiger partial charge is 0.359 e. The molecule has 0 saturated carbocycles. The van der Waals surface area contributed by atoms with Crippen molar-refractivity contribution in [3.05, 3.63) is 34.3 Å². The number of benzene rings is 1. The van der Waals surface area contributed by atoms with E-state index in [0.717, 1.165) is 10.0 Å². The Hall–Kier alpha value is -0.830. The molecule has 0 heterocycles. The molecule has 0 N–H and O–H groups in total. The molecule has 57 valence electrons. The van der Waals surface area contributed by atoms with Crippen LogP contribution in [0.25, 0.3) is 0 Å². The Morgan fingerprint density at radius 1 is 1.36 bits per heavy atom. The van der Waals surface area contributed by atoms with E-state index in [0.29, 0.717) is 0 Å². The molecule has 0 spiro atoms. The van der Waals surface area contributed by atoms with Crippen LogP contribution >= 0.6 is 15.9 Å². The molecule has 0 unspecified atom stereocenters. The van der Waals surface area contributed by atoms with Crippen LogP contribution in [0.2, 0.25) is 0 Å². The summed E-state index contributed by atoms with van der Waals surface area (Å²) in [4.78, 5) is 10.2. The summed E-state index contributed by atoms with van der Waals surface area (Å²) in [7, 11) is 0. The van der Waals surface area contributed by atoms with Gasteiger partial charge in [0, 0.05) is 4.47 Å². The zero-order chi connectivity index (χ0) is 8.27. The van der Waals surface area contributed by atoms with E-state index >= 15 is 0 Å². The number of hydrogen-bond acceptors (Lipinski definition) is 1. The van der Waals surface area contributed by atoms with Gasteiger partial charge < -0.3 is 0 Å². The number of carbonyl (C=O) groups is 1. The van der Waals surface area contributed by atoms with Gasteiger partial charge in [0.25, 0.3) is 0 Å². The second-order valence-electron chi connectivity index (χ2n) is 2.14. The third kappa shape index (κ3) is 2.35. The molecule has 0 aliphatic heterocycles. The summed E-state index contributed by atoms with van der Waals surface area (Å²) >= 11 is 3.23. The second kappa shape index (κ2) is 3.53. The summed E-state index contributed by atoms with van der Waals surface area (Å²) in [6, 6.07) is 7.18. The molecule has 1 aromatic rings. The molecule has 3 heteroatoms. The van der Waals surface area contributed by atoms with E-state index in [1.54, 1.807) is 18.2 Å². The van der Waals surface area contributed by atoms with Gasteiger partial charge in [-0.3, -0.25) is 0 Å². The fourth-order valence-corrected chi connectivity index (χ4v) is 1.22. The predicted molar refractivity (Wildman–Crippen MR) is 43.5 cm³/mol. The van der Waals surface area contributed by atoms with Crippen LogP contribution in [0.5, 0.6) is 0 Å². The molecule has 0 fully saturated rings. The van der Waals surface area contributed by atoms with E-state index in [4.69, 9.17) is 0 Å². The standard InChI is InChI=1S/C8H6BrO2/c9-7-4-2-1-3-6(7)5-8(10)11/h1-4H,5H2. The van der Waals surface area contributed by atoms with E-state index < -0.39 is 5.97 Å². The van der Waals surface area contributed by atoms with Crippen molar-refractivity contribution in [2.45, 2.75) is 6.42 Å². The van der Waals surface area contributed by atoms with Gasteiger partial charge in [-0.2, -0.15) is 0 Å². The lowest BCUT2D eigenvalue weighted by Gasteiger charge is -1.97. The summed E-state index contributed by atoms with van der Waals surface area (Å²) in [5.41, 5.74) is 0.743. The smallest absolute Gasteiger partial charge is 0.247 e. The Bertz CT molecular complexity index is 271. The molecule has 0 aliphatic carbocycles. The van der Waals surface area contributed by atoms with Crippen molar-refractivity contribution in [3.63, 3.8) is 0 Å². The first-order valence-electron chi connectivity index (χ1n) is 3.13. The van der Waals surface area contributed by atoms with Gasteiger partial charge in [-0.1, -0.05) is 34.1 Å². The minimum absolute atomic E-state index is 0.0403. The van der Waals surface area contributed by atoms with Crippen molar-refractivity contribution in [2.24, 2.45) is 0 Å². The van der Waals surface area contributed by atoms with Crippen molar-refractivity contribution >= 4 is 21.9 Å². The minimum atomic E-state index is -1.06. The SMILES string of the molecule is [O]C(=O)Cc1ccccc1Br. The van der Waals surface area contributed by atoms with Crippen LogP contribution in [-0.2, 0) is 16.3 Å². The normalized spacial score (nSPS) is 9.55.